The van der Waals surface area contributed by atoms with E-state index in [0.29, 0.717) is 45.4 Å². The summed E-state index contributed by atoms with van der Waals surface area (Å²) in [7, 11) is 0. The van der Waals surface area contributed by atoms with Crippen LogP contribution in [0.1, 0.15) is 37.3 Å². The van der Waals surface area contributed by atoms with Crippen molar-refractivity contribution in [2.75, 3.05) is 44.2 Å². The molecule has 2 aliphatic rings. The van der Waals surface area contributed by atoms with Crippen molar-refractivity contribution in [3.05, 3.63) is 65.5 Å². The maximum atomic E-state index is 13.6. The fourth-order valence-electron chi connectivity index (χ4n) is 5.01. The lowest BCUT2D eigenvalue weighted by Gasteiger charge is -2.41. The van der Waals surface area contributed by atoms with Crippen LogP contribution in [-0.4, -0.2) is 71.8 Å². The molecule has 35 heavy (non-hydrogen) atoms. The smallest absolute Gasteiger partial charge is 0.317 e. The van der Waals surface area contributed by atoms with Crippen molar-refractivity contribution in [2.24, 2.45) is 0 Å². The summed E-state index contributed by atoms with van der Waals surface area (Å²) in [5.41, 5.74) is 1.35. The van der Waals surface area contributed by atoms with E-state index in [0.717, 1.165) is 25.3 Å². The molecular formula is C27H34FN5O2. The zero-order valence-corrected chi connectivity index (χ0v) is 20.3. The van der Waals surface area contributed by atoms with Crippen molar-refractivity contribution >= 4 is 11.7 Å². The first-order valence-corrected chi connectivity index (χ1v) is 12.3. The lowest BCUT2D eigenvalue weighted by molar-refractivity contribution is -0.0284. The number of nitriles is 1. The minimum Gasteiger partial charge on any atom is -0.390 e. The molecule has 0 bridgehead atoms. The first-order valence-electron chi connectivity index (χ1n) is 12.3. The molecule has 0 aromatic heterocycles. The molecule has 2 fully saturated rings. The van der Waals surface area contributed by atoms with Gasteiger partial charge in [0.1, 0.15) is 11.9 Å². The van der Waals surface area contributed by atoms with Gasteiger partial charge < -0.3 is 20.2 Å². The largest absolute Gasteiger partial charge is 0.390 e. The number of aliphatic hydroxyl groups is 1. The lowest BCUT2D eigenvalue weighted by Crippen LogP contribution is -2.57. The summed E-state index contributed by atoms with van der Waals surface area (Å²) >= 11 is 0. The van der Waals surface area contributed by atoms with E-state index in [4.69, 9.17) is 5.26 Å². The minimum absolute atomic E-state index is 0.0270. The summed E-state index contributed by atoms with van der Waals surface area (Å²) in [6.07, 6.45) is 1.94. The molecule has 4 rings (SSSR count). The summed E-state index contributed by atoms with van der Waals surface area (Å²) in [4.78, 5) is 19.1. The second-order valence-electron chi connectivity index (χ2n) is 9.73. The number of carbonyl (C=O) groups excluding carboxylic acids is 1. The van der Waals surface area contributed by atoms with E-state index in [9.17, 15) is 14.3 Å². The second-order valence-corrected chi connectivity index (χ2v) is 9.73. The van der Waals surface area contributed by atoms with Gasteiger partial charge in [-0.25, -0.2) is 9.18 Å². The molecule has 0 spiro atoms. The maximum absolute atomic E-state index is 13.6. The Balaban J connectivity index is 1.20. The van der Waals surface area contributed by atoms with Gasteiger partial charge in [0.25, 0.3) is 0 Å². The van der Waals surface area contributed by atoms with Crippen LogP contribution in [0.3, 0.4) is 0 Å². The lowest BCUT2D eigenvalue weighted by atomic mass is 9.88. The number of halogens is 1. The molecule has 2 amide bonds. The number of anilines is 1. The summed E-state index contributed by atoms with van der Waals surface area (Å²) in [6.45, 7) is 6.74. The van der Waals surface area contributed by atoms with Crippen LogP contribution in [0.5, 0.6) is 0 Å². The first kappa shape index (κ1) is 25.0. The fourth-order valence-corrected chi connectivity index (χ4v) is 5.01. The Labute approximate surface area is 206 Å². The van der Waals surface area contributed by atoms with Gasteiger partial charge in [-0.2, -0.15) is 5.26 Å². The van der Waals surface area contributed by atoms with Crippen LogP contribution >= 0.6 is 0 Å². The number of hydrogen-bond donors (Lipinski definition) is 2. The minimum atomic E-state index is -0.744. The van der Waals surface area contributed by atoms with Crippen molar-refractivity contribution in [1.82, 2.24) is 15.1 Å². The molecule has 2 saturated heterocycles. The van der Waals surface area contributed by atoms with Crippen LogP contribution in [0.15, 0.2) is 48.5 Å². The molecule has 1 atom stereocenters. The molecule has 2 heterocycles. The number of nitrogens with zero attached hydrogens (tertiary/aromatic N) is 4. The zero-order chi connectivity index (χ0) is 24.8. The van der Waals surface area contributed by atoms with Gasteiger partial charge in [-0.1, -0.05) is 30.3 Å². The molecule has 0 radical (unpaired) electrons. The maximum Gasteiger partial charge on any atom is 0.317 e. The third kappa shape index (κ3) is 6.30. The molecule has 2 aromatic carbocycles. The zero-order valence-electron chi connectivity index (χ0n) is 20.3. The van der Waals surface area contributed by atoms with E-state index in [-0.39, 0.29) is 17.6 Å². The SMILES string of the molecule is C[C@@H]1CN(c2ccc(F)c(C#N)c2)CCN1C(=O)NCCC1(O)CCN(Cc2ccccc2)CC1. The van der Waals surface area contributed by atoms with Crippen LogP contribution in [0.2, 0.25) is 0 Å². The Morgan fingerprint density at radius 3 is 2.60 bits per heavy atom. The Hall–Kier alpha value is -3.15. The van der Waals surface area contributed by atoms with Gasteiger partial charge >= 0.3 is 6.03 Å². The van der Waals surface area contributed by atoms with Gasteiger partial charge in [0.05, 0.1) is 11.2 Å². The van der Waals surface area contributed by atoms with Crippen LogP contribution in [0.25, 0.3) is 0 Å². The van der Waals surface area contributed by atoms with Crippen molar-refractivity contribution in [2.45, 2.75) is 44.4 Å². The molecule has 2 aliphatic heterocycles. The first-order chi connectivity index (χ1) is 16.9. The monoisotopic (exact) mass is 479 g/mol. The molecule has 7 nitrogen and oxygen atoms in total. The second kappa shape index (κ2) is 11.1. The van der Waals surface area contributed by atoms with Gasteiger partial charge in [-0.15, -0.1) is 0 Å². The van der Waals surface area contributed by atoms with Crippen molar-refractivity contribution < 1.29 is 14.3 Å². The topological polar surface area (TPSA) is 82.8 Å². The molecule has 186 valence electrons. The predicted molar refractivity (Wildman–Crippen MR) is 133 cm³/mol. The van der Waals surface area contributed by atoms with Crippen LogP contribution < -0.4 is 10.2 Å². The van der Waals surface area contributed by atoms with E-state index in [1.165, 1.54) is 11.6 Å². The van der Waals surface area contributed by atoms with Crippen LogP contribution in [0.4, 0.5) is 14.9 Å². The Morgan fingerprint density at radius 2 is 1.91 bits per heavy atom. The molecule has 0 aliphatic carbocycles. The van der Waals surface area contributed by atoms with Gasteiger partial charge in [0.2, 0.25) is 0 Å². The number of carbonyl (C=O) groups is 1. The summed E-state index contributed by atoms with van der Waals surface area (Å²) in [5.74, 6) is -0.522. The van der Waals surface area contributed by atoms with Crippen LogP contribution in [-0.2, 0) is 6.54 Å². The number of likely N-dealkylation sites (tertiary alicyclic amines) is 1. The average molecular weight is 480 g/mol. The highest BCUT2D eigenvalue weighted by Gasteiger charge is 2.33. The average Bonchev–Trinajstić information content (AvgIpc) is 2.86. The van der Waals surface area contributed by atoms with E-state index in [1.54, 1.807) is 17.0 Å². The van der Waals surface area contributed by atoms with Crippen LogP contribution in [0, 0.1) is 17.1 Å². The molecule has 2 N–H and O–H groups in total. The highest BCUT2D eigenvalue weighted by atomic mass is 19.1. The van der Waals surface area contributed by atoms with Crippen molar-refractivity contribution in [3.63, 3.8) is 0 Å². The quantitative estimate of drug-likeness (QED) is 0.664. The third-order valence-electron chi connectivity index (χ3n) is 7.23. The summed E-state index contributed by atoms with van der Waals surface area (Å²) in [6, 6.07) is 16.6. The highest BCUT2D eigenvalue weighted by molar-refractivity contribution is 5.75. The fraction of sp³-hybridized carbons (Fsp3) is 0.481. The Morgan fingerprint density at radius 1 is 1.17 bits per heavy atom. The molecular weight excluding hydrogens is 445 g/mol. The van der Waals surface area contributed by atoms with Gasteiger partial charge in [0.15, 0.2) is 0 Å². The van der Waals surface area contributed by atoms with Gasteiger partial charge in [-0.3, -0.25) is 4.90 Å². The molecule has 0 unspecified atom stereocenters. The number of rotatable bonds is 6. The number of urea groups is 1. The van der Waals surface area contributed by atoms with Gasteiger partial charge in [-0.05, 0) is 49.9 Å². The number of nitrogens with one attached hydrogen (secondary N) is 1. The summed E-state index contributed by atoms with van der Waals surface area (Å²) < 4.78 is 13.6. The van der Waals surface area contributed by atoms with Crippen molar-refractivity contribution in [3.8, 4) is 6.07 Å². The molecule has 2 aromatic rings. The van der Waals surface area contributed by atoms with Crippen molar-refractivity contribution in [1.29, 1.82) is 5.26 Å². The van der Waals surface area contributed by atoms with Gasteiger partial charge in [0, 0.05) is 57.5 Å². The number of hydrogen-bond acceptors (Lipinski definition) is 5. The number of benzene rings is 2. The number of piperazine rings is 1. The van der Waals surface area contributed by atoms with E-state index in [1.807, 2.05) is 31.2 Å². The molecule has 0 saturated carbocycles. The number of amides is 2. The van der Waals surface area contributed by atoms with E-state index < -0.39 is 11.4 Å². The van der Waals surface area contributed by atoms with E-state index >= 15 is 0 Å². The Kier molecular flexibility index (Phi) is 7.89. The molecule has 8 heteroatoms. The Bertz CT molecular complexity index is 1050. The third-order valence-corrected chi connectivity index (χ3v) is 7.23. The summed E-state index contributed by atoms with van der Waals surface area (Å²) in [5, 5.41) is 23.1. The normalized spacial score (nSPS) is 20.3. The highest BCUT2D eigenvalue weighted by Crippen LogP contribution is 2.26. The standard InChI is InChI=1S/C27H34FN5O2/c1-21-19-32(24-7-8-25(28)23(17-24)18-29)15-16-33(21)26(34)30-12-9-27(35)10-13-31(14-11-27)20-22-5-3-2-4-6-22/h2-8,17,21,35H,9-16,19-20H2,1H3,(H,30,34)/t21-/m1/s1. The predicted octanol–water partition coefficient (Wildman–Crippen LogP) is 3.33. The number of piperidine rings is 1. The van der Waals surface area contributed by atoms with E-state index in [2.05, 4.69) is 27.2 Å².